The molecule has 2 aromatic carbocycles. The van der Waals surface area contributed by atoms with E-state index in [1.165, 1.54) is 12.1 Å². The highest BCUT2D eigenvalue weighted by Gasteiger charge is 2.28. The number of amides is 1. The summed E-state index contributed by atoms with van der Waals surface area (Å²) in [6, 6.07) is 14.1. The van der Waals surface area contributed by atoms with Crippen LogP contribution in [0.1, 0.15) is 28.0 Å². The van der Waals surface area contributed by atoms with Gasteiger partial charge >= 0.3 is 0 Å². The zero-order valence-corrected chi connectivity index (χ0v) is 16.9. The maximum Gasteiger partial charge on any atom is 0.263 e. The highest BCUT2D eigenvalue weighted by Crippen LogP contribution is 2.35. The van der Waals surface area contributed by atoms with Crippen molar-refractivity contribution in [1.29, 1.82) is 0 Å². The molecule has 3 aromatic rings. The molecule has 0 saturated heterocycles. The third-order valence-electron chi connectivity index (χ3n) is 4.71. The number of fused-ring (bicyclic) bond motifs is 1. The number of anilines is 1. The van der Waals surface area contributed by atoms with Gasteiger partial charge in [-0.3, -0.25) is 4.79 Å². The molecule has 0 aliphatic carbocycles. The topological polar surface area (TPSA) is 38.1 Å². The lowest BCUT2D eigenvalue weighted by Gasteiger charge is -2.22. The van der Waals surface area contributed by atoms with E-state index in [1.807, 2.05) is 24.3 Å². The summed E-state index contributed by atoms with van der Waals surface area (Å²) in [5.74, 6) is 0.542. The van der Waals surface area contributed by atoms with Crippen molar-refractivity contribution in [3.63, 3.8) is 0 Å². The minimum atomic E-state index is -0.292. The van der Waals surface area contributed by atoms with Gasteiger partial charge in [-0.15, -0.1) is 11.8 Å². The average Bonchev–Trinajstić information content (AvgIpc) is 2.85. The Morgan fingerprint density at radius 1 is 1.21 bits per heavy atom. The molecule has 0 unspecified atom stereocenters. The van der Waals surface area contributed by atoms with Crippen LogP contribution in [0.4, 0.5) is 10.1 Å². The van der Waals surface area contributed by atoms with E-state index in [0.29, 0.717) is 29.5 Å². The molecule has 1 aromatic heterocycles. The van der Waals surface area contributed by atoms with Gasteiger partial charge in [-0.1, -0.05) is 35.9 Å². The Morgan fingerprint density at radius 2 is 1.96 bits per heavy atom. The van der Waals surface area contributed by atoms with Gasteiger partial charge in [0.15, 0.2) is 0 Å². The number of thioether (sulfide) groups is 1. The summed E-state index contributed by atoms with van der Waals surface area (Å²) in [5.41, 5.74) is 2.79. The fourth-order valence-corrected chi connectivity index (χ4v) is 4.65. The minimum Gasteiger partial charge on any atom is -0.307 e. The van der Waals surface area contributed by atoms with Gasteiger partial charge in [-0.25, -0.2) is 9.07 Å². The molecule has 2 heterocycles. The summed E-state index contributed by atoms with van der Waals surface area (Å²) in [6.07, 6.45) is 0.908. The van der Waals surface area contributed by atoms with Crippen LogP contribution < -0.4 is 4.90 Å². The third kappa shape index (κ3) is 3.66. The predicted octanol–water partition coefficient (Wildman–Crippen LogP) is 5.17. The van der Waals surface area contributed by atoms with Crippen LogP contribution in [0.5, 0.6) is 0 Å². The quantitative estimate of drug-likeness (QED) is 0.592. The molecular weight excluding hydrogens is 397 g/mol. The molecule has 0 fully saturated rings. The molecule has 4 rings (SSSR count). The first-order chi connectivity index (χ1) is 13.5. The number of nitrogens with zero attached hydrogens (tertiary/aromatic N) is 3. The van der Waals surface area contributed by atoms with E-state index >= 15 is 0 Å². The van der Waals surface area contributed by atoms with Gasteiger partial charge in [0.25, 0.3) is 5.91 Å². The largest absolute Gasteiger partial charge is 0.307 e. The van der Waals surface area contributed by atoms with Gasteiger partial charge in [-0.2, -0.15) is 5.10 Å². The number of carbonyl (C=O) groups excluding carboxylic acids is 1. The van der Waals surface area contributed by atoms with Gasteiger partial charge < -0.3 is 4.90 Å². The van der Waals surface area contributed by atoms with Gasteiger partial charge in [-0.05, 0) is 48.9 Å². The van der Waals surface area contributed by atoms with Crippen molar-refractivity contribution in [2.24, 2.45) is 0 Å². The summed E-state index contributed by atoms with van der Waals surface area (Å²) >= 11 is 8.33. The van der Waals surface area contributed by atoms with Gasteiger partial charge in [0, 0.05) is 11.4 Å². The Labute approximate surface area is 172 Å². The van der Waals surface area contributed by atoms with E-state index in [2.05, 4.69) is 5.10 Å². The van der Waals surface area contributed by atoms with E-state index < -0.39 is 0 Å². The predicted molar refractivity (Wildman–Crippen MR) is 111 cm³/mol. The van der Waals surface area contributed by atoms with E-state index in [-0.39, 0.29) is 11.7 Å². The first kappa shape index (κ1) is 19.0. The SMILES string of the molecule is Cc1nn(Cc2ccc(F)cc2)c(Cl)c1C(=O)N1CCCSc2ccccc21. The molecule has 0 atom stereocenters. The molecular formula is C21H19ClFN3OS. The molecule has 1 aliphatic heterocycles. The molecule has 4 nitrogen and oxygen atoms in total. The summed E-state index contributed by atoms with van der Waals surface area (Å²) in [7, 11) is 0. The molecule has 0 N–H and O–H groups in total. The average molecular weight is 416 g/mol. The zero-order chi connectivity index (χ0) is 19.7. The number of hydrogen-bond donors (Lipinski definition) is 0. The van der Waals surface area contributed by atoms with Crippen molar-refractivity contribution in [2.75, 3.05) is 17.2 Å². The second kappa shape index (κ2) is 7.97. The summed E-state index contributed by atoms with van der Waals surface area (Å²) in [5, 5.41) is 4.77. The molecule has 144 valence electrons. The van der Waals surface area contributed by atoms with Crippen LogP contribution in [0.2, 0.25) is 5.15 Å². The summed E-state index contributed by atoms with van der Waals surface area (Å²) in [4.78, 5) is 16.3. The number of carbonyl (C=O) groups is 1. The van der Waals surface area contributed by atoms with Crippen LogP contribution in [-0.4, -0.2) is 28.0 Å². The van der Waals surface area contributed by atoms with E-state index in [1.54, 1.807) is 40.4 Å². The van der Waals surface area contributed by atoms with Gasteiger partial charge in [0.2, 0.25) is 0 Å². The lowest BCUT2D eigenvalue weighted by Crippen LogP contribution is -2.32. The number of halogens is 2. The highest BCUT2D eigenvalue weighted by molar-refractivity contribution is 7.99. The second-order valence-corrected chi connectivity index (χ2v) is 8.16. The van der Waals surface area contributed by atoms with Crippen LogP contribution in [0.15, 0.2) is 53.4 Å². The Balaban J connectivity index is 1.67. The maximum atomic E-state index is 13.4. The molecule has 1 aliphatic rings. The first-order valence-electron chi connectivity index (χ1n) is 9.05. The first-order valence-corrected chi connectivity index (χ1v) is 10.4. The van der Waals surface area contributed by atoms with Crippen molar-refractivity contribution in [2.45, 2.75) is 24.8 Å². The van der Waals surface area contributed by atoms with Crippen LogP contribution >= 0.6 is 23.4 Å². The normalized spacial score (nSPS) is 13.9. The fraction of sp³-hybridized carbons (Fsp3) is 0.238. The lowest BCUT2D eigenvalue weighted by atomic mass is 10.2. The summed E-state index contributed by atoms with van der Waals surface area (Å²) < 4.78 is 14.7. The molecule has 7 heteroatoms. The molecule has 1 amide bonds. The minimum absolute atomic E-state index is 0.136. The van der Waals surface area contributed by atoms with E-state index in [9.17, 15) is 9.18 Å². The van der Waals surface area contributed by atoms with E-state index in [0.717, 1.165) is 28.3 Å². The van der Waals surface area contributed by atoms with Crippen molar-refractivity contribution in [1.82, 2.24) is 9.78 Å². The van der Waals surface area contributed by atoms with Crippen LogP contribution in [-0.2, 0) is 6.54 Å². The smallest absolute Gasteiger partial charge is 0.263 e. The lowest BCUT2D eigenvalue weighted by molar-refractivity contribution is 0.0986. The van der Waals surface area contributed by atoms with E-state index in [4.69, 9.17) is 11.6 Å². The Hall–Kier alpha value is -2.31. The second-order valence-electron chi connectivity index (χ2n) is 6.66. The maximum absolute atomic E-state index is 13.4. The Kier molecular flexibility index (Phi) is 5.42. The Bertz CT molecular complexity index is 1020. The number of para-hydroxylation sites is 1. The third-order valence-corrected chi connectivity index (χ3v) is 6.24. The number of rotatable bonds is 3. The molecule has 0 saturated carbocycles. The molecule has 0 bridgehead atoms. The van der Waals surface area contributed by atoms with Crippen LogP contribution in [0.25, 0.3) is 0 Å². The van der Waals surface area contributed by atoms with Crippen LogP contribution in [0.3, 0.4) is 0 Å². The fourth-order valence-electron chi connectivity index (χ4n) is 3.34. The molecule has 28 heavy (non-hydrogen) atoms. The standard InChI is InChI=1S/C21H19ClFN3OS/c1-14-19(20(22)26(24-14)13-15-7-9-16(23)10-8-15)21(27)25-11-4-12-28-18-6-3-2-5-17(18)25/h2-3,5-10H,4,11-13H2,1H3. The highest BCUT2D eigenvalue weighted by atomic mass is 35.5. The monoisotopic (exact) mass is 415 g/mol. The zero-order valence-electron chi connectivity index (χ0n) is 15.4. The van der Waals surface area contributed by atoms with Crippen molar-refractivity contribution in [3.05, 3.63) is 76.3 Å². The van der Waals surface area contributed by atoms with Crippen molar-refractivity contribution in [3.8, 4) is 0 Å². The number of benzene rings is 2. The number of aryl methyl sites for hydroxylation is 1. The Morgan fingerprint density at radius 3 is 2.75 bits per heavy atom. The van der Waals surface area contributed by atoms with Gasteiger partial charge in [0.05, 0.1) is 23.5 Å². The molecule has 0 radical (unpaired) electrons. The number of aromatic nitrogens is 2. The van der Waals surface area contributed by atoms with Gasteiger partial charge in [0.1, 0.15) is 11.0 Å². The molecule has 0 spiro atoms. The van der Waals surface area contributed by atoms with Crippen molar-refractivity contribution >= 4 is 35.0 Å². The number of hydrogen-bond acceptors (Lipinski definition) is 3. The summed E-state index contributed by atoms with van der Waals surface area (Å²) in [6.45, 7) is 2.81. The van der Waals surface area contributed by atoms with Crippen LogP contribution in [0, 0.1) is 12.7 Å². The van der Waals surface area contributed by atoms with Crippen molar-refractivity contribution < 1.29 is 9.18 Å².